The third-order valence-corrected chi connectivity index (χ3v) is 4.63. The van der Waals surface area contributed by atoms with Crippen LogP contribution in [0.2, 0.25) is 0 Å². The second-order valence-corrected chi connectivity index (χ2v) is 5.98. The van der Waals surface area contributed by atoms with Crippen LogP contribution in [0.25, 0.3) is 0 Å². The van der Waals surface area contributed by atoms with Crippen molar-refractivity contribution in [1.29, 1.82) is 0 Å². The zero-order chi connectivity index (χ0) is 11.7. The summed E-state index contributed by atoms with van der Waals surface area (Å²) in [5, 5.41) is 3.74. The van der Waals surface area contributed by atoms with Crippen molar-refractivity contribution in [3.63, 3.8) is 0 Å². The van der Waals surface area contributed by atoms with Gasteiger partial charge >= 0.3 is 0 Å². The standard InChI is InChI=1S/C16H23N/c1-2-13-10-16(11-13,12-17-15-8-9-15)14-6-4-3-5-7-14/h3-7,13,15,17H,2,8-12H2,1H3. The van der Waals surface area contributed by atoms with Gasteiger partial charge in [0.2, 0.25) is 0 Å². The van der Waals surface area contributed by atoms with Crippen molar-refractivity contribution in [2.24, 2.45) is 5.92 Å². The number of rotatable bonds is 5. The summed E-state index contributed by atoms with van der Waals surface area (Å²) in [6.07, 6.45) is 6.89. The van der Waals surface area contributed by atoms with Crippen molar-refractivity contribution in [3.05, 3.63) is 35.9 Å². The molecular formula is C16H23N. The van der Waals surface area contributed by atoms with Crippen molar-refractivity contribution in [1.82, 2.24) is 5.32 Å². The smallest absolute Gasteiger partial charge is 0.00831 e. The van der Waals surface area contributed by atoms with E-state index in [4.69, 9.17) is 0 Å². The summed E-state index contributed by atoms with van der Waals surface area (Å²) in [5.74, 6) is 0.955. The normalized spacial score (nSPS) is 32.2. The van der Waals surface area contributed by atoms with Crippen LogP contribution >= 0.6 is 0 Å². The predicted molar refractivity (Wildman–Crippen MR) is 72.2 cm³/mol. The SMILES string of the molecule is CCC1CC(CNC2CC2)(c2ccccc2)C1. The molecule has 17 heavy (non-hydrogen) atoms. The van der Waals surface area contributed by atoms with Gasteiger partial charge in [0.15, 0.2) is 0 Å². The average molecular weight is 229 g/mol. The molecule has 0 unspecified atom stereocenters. The van der Waals surface area contributed by atoms with Crippen molar-refractivity contribution >= 4 is 0 Å². The Labute approximate surface area is 105 Å². The maximum Gasteiger partial charge on any atom is 0.00831 e. The second-order valence-electron chi connectivity index (χ2n) is 5.98. The van der Waals surface area contributed by atoms with E-state index in [2.05, 4.69) is 42.6 Å². The van der Waals surface area contributed by atoms with E-state index in [9.17, 15) is 0 Å². The molecule has 0 atom stereocenters. The van der Waals surface area contributed by atoms with Crippen LogP contribution in [-0.2, 0) is 5.41 Å². The summed E-state index contributed by atoms with van der Waals surface area (Å²) in [7, 11) is 0. The van der Waals surface area contributed by atoms with E-state index in [1.807, 2.05) is 0 Å². The van der Waals surface area contributed by atoms with Gasteiger partial charge in [0.25, 0.3) is 0 Å². The lowest BCUT2D eigenvalue weighted by atomic mass is 9.58. The quantitative estimate of drug-likeness (QED) is 0.815. The van der Waals surface area contributed by atoms with Gasteiger partial charge in [0, 0.05) is 18.0 Å². The van der Waals surface area contributed by atoms with Crippen molar-refractivity contribution < 1.29 is 0 Å². The number of hydrogen-bond acceptors (Lipinski definition) is 1. The highest BCUT2D eigenvalue weighted by Gasteiger charge is 2.44. The minimum Gasteiger partial charge on any atom is -0.313 e. The number of hydrogen-bond donors (Lipinski definition) is 1. The Morgan fingerprint density at radius 1 is 1.18 bits per heavy atom. The summed E-state index contributed by atoms with van der Waals surface area (Å²) >= 11 is 0. The molecule has 1 N–H and O–H groups in total. The van der Waals surface area contributed by atoms with Crippen molar-refractivity contribution in [2.45, 2.75) is 50.5 Å². The Hall–Kier alpha value is -0.820. The van der Waals surface area contributed by atoms with Gasteiger partial charge in [0.1, 0.15) is 0 Å². The summed E-state index contributed by atoms with van der Waals surface area (Å²) in [6.45, 7) is 3.52. The maximum atomic E-state index is 3.74. The van der Waals surface area contributed by atoms with Crippen LogP contribution in [0, 0.1) is 5.92 Å². The van der Waals surface area contributed by atoms with Gasteiger partial charge in [-0.25, -0.2) is 0 Å². The van der Waals surface area contributed by atoms with Gasteiger partial charge < -0.3 is 5.32 Å². The van der Waals surface area contributed by atoms with E-state index >= 15 is 0 Å². The molecule has 1 heteroatoms. The Bertz CT molecular complexity index is 360. The molecular weight excluding hydrogens is 206 g/mol. The fraction of sp³-hybridized carbons (Fsp3) is 0.625. The molecule has 2 aliphatic carbocycles. The van der Waals surface area contributed by atoms with Crippen LogP contribution in [0.3, 0.4) is 0 Å². The molecule has 0 aromatic heterocycles. The summed E-state index contributed by atoms with van der Waals surface area (Å²) in [6, 6.07) is 12.0. The Morgan fingerprint density at radius 3 is 2.47 bits per heavy atom. The largest absolute Gasteiger partial charge is 0.313 e. The Balaban J connectivity index is 1.72. The van der Waals surface area contributed by atoms with Crippen molar-refractivity contribution in [3.8, 4) is 0 Å². The summed E-state index contributed by atoms with van der Waals surface area (Å²) < 4.78 is 0. The van der Waals surface area contributed by atoms with E-state index < -0.39 is 0 Å². The van der Waals surface area contributed by atoms with Gasteiger partial charge in [-0.05, 0) is 37.2 Å². The minimum atomic E-state index is 0.449. The zero-order valence-corrected chi connectivity index (χ0v) is 10.8. The molecule has 0 radical (unpaired) electrons. The second kappa shape index (κ2) is 4.45. The third kappa shape index (κ3) is 2.26. The zero-order valence-electron chi connectivity index (χ0n) is 10.8. The van der Waals surface area contributed by atoms with Crippen LogP contribution in [0.1, 0.15) is 44.6 Å². The van der Waals surface area contributed by atoms with Gasteiger partial charge in [-0.1, -0.05) is 43.7 Å². The first kappa shape index (κ1) is 11.3. The monoisotopic (exact) mass is 229 g/mol. The Morgan fingerprint density at radius 2 is 1.88 bits per heavy atom. The lowest BCUT2D eigenvalue weighted by Gasteiger charge is -2.48. The molecule has 1 aromatic carbocycles. The van der Waals surface area contributed by atoms with Crippen LogP contribution in [-0.4, -0.2) is 12.6 Å². The van der Waals surface area contributed by atoms with Gasteiger partial charge in [-0.15, -0.1) is 0 Å². The predicted octanol–water partition coefficient (Wildman–Crippen LogP) is 3.50. The molecule has 2 aliphatic rings. The molecule has 92 valence electrons. The van der Waals surface area contributed by atoms with Gasteiger partial charge in [-0.2, -0.15) is 0 Å². The lowest BCUT2D eigenvalue weighted by molar-refractivity contribution is 0.133. The van der Waals surface area contributed by atoms with Crippen LogP contribution < -0.4 is 5.32 Å². The number of nitrogens with one attached hydrogen (secondary N) is 1. The third-order valence-electron chi connectivity index (χ3n) is 4.63. The highest BCUT2D eigenvalue weighted by atomic mass is 15.0. The van der Waals surface area contributed by atoms with E-state index in [-0.39, 0.29) is 0 Å². The number of benzene rings is 1. The highest BCUT2D eigenvalue weighted by molar-refractivity contribution is 5.29. The molecule has 2 saturated carbocycles. The Kier molecular flexibility index (Phi) is 2.96. The minimum absolute atomic E-state index is 0.449. The first-order chi connectivity index (χ1) is 8.32. The van der Waals surface area contributed by atoms with E-state index in [1.54, 1.807) is 5.56 Å². The highest BCUT2D eigenvalue weighted by Crippen LogP contribution is 2.49. The van der Waals surface area contributed by atoms with Crippen LogP contribution in [0.5, 0.6) is 0 Å². The van der Waals surface area contributed by atoms with Crippen LogP contribution in [0.4, 0.5) is 0 Å². The molecule has 0 bridgehead atoms. The topological polar surface area (TPSA) is 12.0 Å². The fourth-order valence-electron chi connectivity index (χ4n) is 3.24. The summed E-state index contributed by atoms with van der Waals surface area (Å²) in [5.41, 5.74) is 2.00. The van der Waals surface area contributed by atoms with Crippen LogP contribution in [0.15, 0.2) is 30.3 Å². The molecule has 1 aromatic rings. The van der Waals surface area contributed by atoms with E-state index in [0.717, 1.165) is 12.0 Å². The van der Waals surface area contributed by atoms with Crippen molar-refractivity contribution in [2.75, 3.05) is 6.54 Å². The first-order valence-electron chi connectivity index (χ1n) is 7.11. The van der Waals surface area contributed by atoms with E-state index in [0.29, 0.717) is 5.41 Å². The summed E-state index contributed by atoms with van der Waals surface area (Å²) in [4.78, 5) is 0. The molecule has 2 fully saturated rings. The molecule has 0 heterocycles. The maximum absolute atomic E-state index is 3.74. The average Bonchev–Trinajstić information content (AvgIpc) is 3.13. The van der Waals surface area contributed by atoms with Gasteiger partial charge in [0.05, 0.1) is 0 Å². The molecule has 1 nitrogen and oxygen atoms in total. The lowest BCUT2D eigenvalue weighted by Crippen LogP contribution is -2.48. The molecule has 3 rings (SSSR count). The van der Waals surface area contributed by atoms with E-state index in [1.165, 1.54) is 38.6 Å². The molecule has 0 spiro atoms. The first-order valence-corrected chi connectivity index (χ1v) is 7.11. The van der Waals surface area contributed by atoms with Gasteiger partial charge in [-0.3, -0.25) is 0 Å². The fourth-order valence-corrected chi connectivity index (χ4v) is 3.24. The molecule has 0 aliphatic heterocycles. The molecule has 0 amide bonds. The molecule has 0 saturated heterocycles.